The summed E-state index contributed by atoms with van der Waals surface area (Å²) < 4.78 is 115. The lowest BCUT2D eigenvalue weighted by molar-refractivity contribution is -0.274. The van der Waals surface area contributed by atoms with Crippen LogP contribution < -0.4 is 20.3 Å². The van der Waals surface area contributed by atoms with Gasteiger partial charge in [0.15, 0.2) is 5.82 Å². The molecular formula is C23H14F8N2O5. The molecule has 3 aromatic rings. The van der Waals surface area contributed by atoms with Crippen LogP contribution in [0.3, 0.4) is 0 Å². The third-order valence-corrected chi connectivity index (χ3v) is 4.81. The monoisotopic (exact) mass is 550 g/mol. The van der Waals surface area contributed by atoms with Gasteiger partial charge < -0.3 is 14.8 Å². The van der Waals surface area contributed by atoms with E-state index in [2.05, 4.69) is 4.74 Å². The first-order valence-corrected chi connectivity index (χ1v) is 10.1. The topological polar surface area (TPSA) is 96.9 Å². The Hall–Kier alpha value is -4.40. The van der Waals surface area contributed by atoms with Gasteiger partial charge in [0, 0.05) is 5.69 Å². The van der Waals surface area contributed by atoms with Crippen LogP contribution in [0, 0.1) is 18.6 Å². The van der Waals surface area contributed by atoms with Crippen molar-refractivity contribution in [3.63, 3.8) is 0 Å². The molecule has 0 saturated carbocycles. The minimum Gasteiger partial charge on any atom is -0.456 e. The molecule has 15 heteroatoms. The van der Waals surface area contributed by atoms with E-state index in [1.165, 1.54) is 6.92 Å². The summed E-state index contributed by atoms with van der Waals surface area (Å²) in [5.41, 5.74) is -3.08. The number of hydrogen-bond acceptors (Lipinski definition) is 5. The number of alkyl halides is 6. The normalized spacial score (nSPS) is 11.6. The third-order valence-electron chi connectivity index (χ3n) is 4.81. The molecule has 0 fully saturated rings. The fourth-order valence-electron chi connectivity index (χ4n) is 3.16. The molecule has 0 atom stereocenters. The van der Waals surface area contributed by atoms with Crippen molar-refractivity contribution in [3.8, 4) is 17.2 Å². The standard InChI is InChI=1S/C23H14F8N2O5/c1-10-8-12(38-23(29,30)31)3-6-16(10)37-17-7-4-14(22(26,27)28)19(25)18(17)21(35)32-11-2-5-15(24)13(9-11)20(34)33-36/h2-9,36H,1H3,(H,32,35)(H,33,34). The highest BCUT2D eigenvalue weighted by Gasteiger charge is 2.37. The van der Waals surface area contributed by atoms with Gasteiger partial charge in [-0.15, -0.1) is 13.2 Å². The van der Waals surface area contributed by atoms with Crippen LogP contribution in [-0.4, -0.2) is 23.4 Å². The fraction of sp³-hybridized carbons (Fsp3) is 0.130. The van der Waals surface area contributed by atoms with Crippen LogP contribution in [0.4, 0.5) is 40.8 Å². The summed E-state index contributed by atoms with van der Waals surface area (Å²) in [6, 6.07) is 5.87. The SMILES string of the molecule is Cc1cc(OC(F)(F)F)ccc1Oc1ccc(C(F)(F)F)c(F)c1C(=O)Nc1ccc(F)c(C(=O)NO)c1. The van der Waals surface area contributed by atoms with E-state index in [-0.39, 0.29) is 17.0 Å². The zero-order chi connectivity index (χ0) is 28.4. The lowest BCUT2D eigenvalue weighted by atomic mass is 10.1. The maximum absolute atomic E-state index is 15.0. The van der Waals surface area contributed by atoms with E-state index in [9.17, 15) is 44.7 Å². The van der Waals surface area contributed by atoms with Crippen molar-refractivity contribution in [3.05, 3.63) is 82.4 Å². The van der Waals surface area contributed by atoms with Crippen molar-refractivity contribution in [2.75, 3.05) is 5.32 Å². The Morgan fingerprint density at radius 1 is 0.868 bits per heavy atom. The lowest BCUT2D eigenvalue weighted by Crippen LogP contribution is -2.21. The van der Waals surface area contributed by atoms with E-state index in [0.29, 0.717) is 24.3 Å². The van der Waals surface area contributed by atoms with Crippen molar-refractivity contribution in [1.82, 2.24) is 5.48 Å². The van der Waals surface area contributed by atoms with E-state index in [4.69, 9.17) is 9.94 Å². The number of benzene rings is 3. The third kappa shape index (κ3) is 6.47. The molecule has 202 valence electrons. The van der Waals surface area contributed by atoms with Crippen LogP contribution in [-0.2, 0) is 6.18 Å². The van der Waals surface area contributed by atoms with Gasteiger partial charge >= 0.3 is 12.5 Å². The molecule has 0 heterocycles. The number of nitrogens with one attached hydrogen (secondary N) is 2. The van der Waals surface area contributed by atoms with E-state index in [1.54, 1.807) is 0 Å². The highest BCUT2D eigenvalue weighted by atomic mass is 19.4. The molecule has 7 nitrogen and oxygen atoms in total. The summed E-state index contributed by atoms with van der Waals surface area (Å²) in [5.74, 6) is -7.65. The molecule has 2 amide bonds. The van der Waals surface area contributed by atoms with Gasteiger partial charge in [-0.3, -0.25) is 14.8 Å². The van der Waals surface area contributed by atoms with Gasteiger partial charge in [-0.1, -0.05) is 0 Å². The summed E-state index contributed by atoms with van der Waals surface area (Å²) in [4.78, 5) is 24.4. The molecule has 0 spiro atoms. The van der Waals surface area contributed by atoms with E-state index in [1.807, 2.05) is 5.32 Å². The van der Waals surface area contributed by atoms with Crippen molar-refractivity contribution >= 4 is 17.5 Å². The Bertz CT molecular complexity index is 1390. The minimum absolute atomic E-state index is 0.0170. The average molecular weight is 550 g/mol. The van der Waals surface area contributed by atoms with Crippen LogP contribution in [0.1, 0.15) is 31.8 Å². The number of ether oxygens (including phenoxy) is 2. The first kappa shape index (κ1) is 28.2. The predicted octanol–water partition coefficient (Wildman–Crippen LogP) is 6.35. The molecule has 0 unspecified atom stereocenters. The van der Waals surface area contributed by atoms with Gasteiger partial charge in [0.05, 0.1) is 11.1 Å². The Balaban J connectivity index is 2.03. The molecule has 0 aliphatic carbocycles. The highest BCUT2D eigenvalue weighted by molar-refractivity contribution is 6.07. The van der Waals surface area contributed by atoms with Crippen LogP contribution in [0.25, 0.3) is 0 Å². The smallest absolute Gasteiger partial charge is 0.456 e. The van der Waals surface area contributed by atoms with Gasteiger partial charge in [0.2, 0.25) is 0 Å². The Morgan fingerprint density at radius 2 is 1.53 bits per heavy atom. The van der Waals surface area contributed by atoms with E-state index < -0.39 is 64.2 Å². The van der Waals surface area contributed by atoms with Crippen LogP contribution in [0.15, 0.2) is 48.5 Å². The molecule has 0 aliphatic rings. The summed E-state index contributed by atoms with van der Waals surface area (Å²) in [7, 11) is 0. The van der Waals surface area contributed by atoms with Crippen LogP contribution >= 0.6 is 0 Å². The summed E-state index contributed by atoms with van der Waals surface area (Å²) in [5, 5.41) is 10.7. The van der Waals surface area contributed by atoms with Crippen LogP contribution in [0.5, 0.6) is 17.2 Å². The maximum Gasteiger partial charge on any atom is 0.573 e. The number of aryl methyl sites for hydroxylation is 1. The first-order valence-electron chi connectivity index (χ1n) is 10.1. The molecule has 3 N–H and O–H groups in total. The van der Waals surface area contributed by atoms with E-state index >= 15 is 0 Å². The van der Waals surface area contributed by atoms with Crippen molar-refractivity contribution in [1.29, 1.82) is 0 Å². The average Bonchev–Trinajstić information content (AvgIpc) is 2.79. The molecule has 0 saturated heterocycles. The molecular weight excluding hydrogens is 536 g/mol. The Kier molecular flexibility index (Phi) is 7.81. The van der Waals surface area contributed by atoms with Gasteiger partial charge in [-0.2, -0.15) is 13.2 Å². The summed E-state index contributed by atoms with van der Waals surface area (Å²) in [6.45, 7) is 1.25. The minimum atomic E-state index is -5.23. The number of hydroxylamine groups is 1. The summed E-state index contributed by atoms with van der Waals surface area (Å²) in [6.07, 6.45) is -10.2. The molecule has 0 bridgehead atoms. The molecule has 0 aromatic heterocycles. The number of carbonyl (C=O) groups excluding carboxylic acids is 2. The Morgan fingerprint density at radius 3 is 2.11 bits per heavy atom. The van der Waals surface area contributed by atoms with Gasteiger partial charge in [0.25, 0.3) is 11.8 Å². The van der Waals surface area contributed by atoms with Crippen molar-refractivity contribution in [2.45, 2.75) is 19.5 Å². The van der Waals surface area contributed by atoms with Crippen molar-refractivity contribution in [2.24, 2.45) is 0 Å². The zero-order valence-corrected chi connectivity index (χ0v) is 18.7. The van der Waals surface area contributed by atoms with Gasteiger partial charge in [-0.05, 0) is 61.0 Å². The van der Waals surface area contributed by atoms with Gasteiger partial charge in [-0.25, -0.2) is 14.3 Å². The quantitative estimate of drug-likeness (QED) is 0.189. The number of carbonyl (C=O) groups is 2. The Labute approximate surface area is 207 Å². The lowest BCUT2D eigenvalue weighted by Gasteiger charge is -2.17. The number of amides is 2. The molecule has 38 heavy (non-hydrogen) atoms. The second-order valence-corrected chi connectivity index (χ2v) is 7.46. The molecule has 3 aromatic carbocycles. The van der Waals surface area contributed by atoms with Crippen molar-refractivity contribution < 1.29 is 59.4 Å². The number of halogens is 8. The number of hydrogen-bond donors (Lipinski definition) is 3. The fourth-order valence-corrected chi connectivity index (χ4v) is 3.16. The second kappa shape index (κ2) is 10.5. The molecule has 3 rings (SSSR count). The second-order valence-electron chi connectivity index (χ2n) is 7.46. The highest BCUT2D eigenvalue weighted by Crippen LogP contribution is 2.38. The predicted molar refractivity (Wildman–Crippen MR) is 113 cm³/mol. The van der Waals surface area contributed by atoms with E-state index in [0.717, 1.165) is 29.7 Å². The zero-order valence-electron chi connectivity index (χ0n) is 18.7. The van der Waals surface area contributed by atoms with Crippen LogP contribution in [0.2, 0.25) is 0 Å². The maximum atomic E-state index is 15.0. The molecule has 0 radical (unpaired) electrons. The first-order chi connectivity index (χ1) is 17.6. The van der Waals surface area contributed by atoms with Gasteiger partial charge in [0.1, 0.15) is 28.6 Å². The largest absolute Gasteiger partial charge is 0.573 e. The number of anilines is 1. The summed E-state index contributed by atoms with van der Waals surface area (Å²) >= 11 is 0. The number of rotatable bonds is 6. The molecule has 0 aliphatic heterocycles.